The molecule has 0 aromatic heterocycles. The number of carbonyl (C=O) groups excluding carboxylic acids is 2. The van der Waals surface area contributed by atoms with Gasteiger partial charge in [0, 0.05) is 6.04 Å². The van der Waals surface area contributed by atoms with Crippen LogP contribution in [0.15, 0.2) is 47.1 Å². The maximum atomic E-state index is 13.2. The zero-order chi connectivity index (χ0) is 39.5. The Morgan fingerprint density at radius 2 is 1.49 bits per heavy atom. The largest absolute Gasteiger partial charge is 0.466 e. The molecule has 53 heavy (non-hydrogen) atoms. The average molecular weight is 774 g/mol. The van der Waals surface area contributed by atoms with Crippen molar-refractivity contribution in [2.45, 2.75) is 144 Å². The summed E-state index contributed by atoms with van der Waals surface area (Å²) in [6, 6.07) is 3.00. The SMILES string of the molecule is CC(C)(C)OC(=O)N[C@H]1C[C@@H](N)[C@H](O[C@H]2OC[C@](C)(O)[C@H](NS(=O)(=O)c3ccccc3)[C@H]2O)[C@@H](O)[C@@H]1O[C@H]1OC(CN)=CC[C@H]1NC(=O)OC(C)(C)C. The monoisotopic (exact) mass is 773 g/mol. The molecule has 2 heterocycles. The summed E-state index contributed by atoms with van der Waals surface area (Å²) in [7, 11) is -4.22. The molecule has 11 atom stereocenters. The summed E-state index contributed by atoms with van der Waals surface area (Å²) in [5, 5.41) is 39.8. The smallest absolute Gasteiger partial charge is 0.408 e. The first-order valence-electron chi connectivity index (χ1n) is 17.4. The van der Waals surface area contributed by atoms with E-state index in [0.717, 1.165) is 0 Å². The summed E-state index contributed by atoms with van der Waals surface area (Å²) >= 11 is 0. The van der Waals surface area contributed by atoms with E-state index in [1.165, 1.54) is 31.2 Å². The second-order valence-electron chi connectivity index (χ2n) is 15.6. The number of amides is 2. The number of rotatable bonds is 10. The van der Waals surface area contributed by atoms with E-state index in [4.69, 9.17) is 39.9 Å². The van der Waals surface area contributed by atoms with Crippen molar-refractivity contribution in [3.63, 3.8) is 0 Å². The molecule has 0 bridgehead atoms. The Kier molecular flexibility index (Phi) is 13.4. The third-order valence-electron chi connectivity index (χ3n) is 8.57. The summed E-state index contributed by atoms with van der Waals surface area (Å²) in [5.74, 6) is 0.346. The van der Waals surface area contributed by atoms with Crippen molar-refractivity contribution >= 4 is 22.2 Å². The highest BCUT2D eigenvalue weighted by Gasteiger charge is 2.53. The van der Waals surface area contributed by atoms with Crippen molar-refractivity contribution in [3.05, 3.63) is 42.2 Å². The van der Waals surface area contributed by atoms with Gasteiger partial charge in [-0.2, -0.15) is 0 Å². The third kappa shape index (κ3) is 11.5. The van der Waals surface area contributed by atoms with Crippen molar-refractivity contribution in [1.82, 2.24) is 15.4 Å². The molecule has 1 saturated heterocycles. The molecule has 3 aliphatic rings. The molecule has 0 unspecified atom stereocenters. The first kappa shape index (κ1) is 42.6. The topological polar surface area (TPSA) is 272 Å². The Bertz CT molecular complexity index is 1550. The van der Waals surface area contributed by atoms with E-state index in [0.29, 0.717) is 5.76 Å². The van der Waals surface area contributed by atoms with Crippen LogP contribution < -0.4 is 26.8 Å². The molecule has 1 aromatic carbocycles. The molecule has 2 aliphatic heterocycles. The van der Waals surface area contributed by atoms with Gasteiger partial charge in [-0.25, -0.2) is 22.7 Å². The van der Waals surface area contributed by atoms with Gasteiger partial charge in [-0.1, -0.05) is 18.2 Å². The highest BCUT2D eigenvalue weighted by Crippen LogP contribution is 2.33. The molecule has 2 amide bonds. The minimum absolute atomic E-state index is 0.00167. The fourth-order valence-corrected chi connectivity index (χ4v) is 7.49. The molecular weight excluding hydrogens is 718 g/mol. The van der Waals surface area contributed by atoms with Crippen LogP contribution in [-0.2, 0) is 38.4 Å². The van der Waals surface area contributed by atoms with Crippen molar-refractivity contribution in [2.75, 3.05) is 13.2 Å². The Morgan fingerprint density at radius 3 is 2.06 bits per heavy atom. The minimum Gasteiger partial charge on any atom is -0.466 e. The normalized spacial score (nSPS) is 33.9. The zero-order valence-corrected chi connectivity index (χ0v) is 31.9. The zero-order valence-electron chi connectivity index (χ0n) is 31.1. The molecule has 2 fully saturated rings. The van der Waals surface area contributed by atoms with E-state index in [1.807, 2.05) is 0 Å². The van der Waals surface area contributed by atoms with Crippen molar-refractivity contribution in [1.29, 1.82) is 0 Å². The van der Waals surface area contributed by atoms with Crippen LogP contribution in [0.3, 0.4) is 0 Å². The molecule has 1 aromatic rings. The van der Waals surface area contributed by atoms with Gasteiger partial charge in [-0.05, 0) is 79.5 Å². The number of nitrogens with two attached hydrogens (primary N) is 2. The molecule has 0 radical (unpaired) electrons. The van der Waals surface area contributed by atoms with Crippen LogP contribution >= 0.6 is 0 Å². The van der Waals surface area contributed by atoms with Crippen LogP contribution in [0, 0.1) is 0 Å². The highest BCUT2D eigenvalue weighted by atomic mass is 32.2. The number of aliphatic hydroxyl groups is 3. The minimum atomic E-state index is -4.22. The van der Waals surface area contributed by atoms with Gasteiger partial charge < -0.3 is 65.8 Å². The quantitative estimate of drug-likeness (QED) is 0.156. The molecule has 0 spiro atoms. The van der Waals surface area contributed by atoms with E-state index >= 15 is 0 Å². The summed E-state index contributed by atoms with van der Waals surface area (Å²) in [6.07, 6.45) is -8.75. The number of aliphatic hydroxyl groups excluding tert-OH is 2. The Hall–Kier alpha value is -3.11. The van der Waals surface area contributed by atoms with Gasteiger partial charge in [0.15, 0.2) is 6.29 Å². The number of alkyl carbamates (subject to hydrolysis) is 2. The fourth-order valence-electron chi connectivity index (χ4n) is 6.11. The molecule has 18 nitrogen and oxygen atoms in total. The first-order chi connectivity index (χ1) is 24.5. The predicted octanol–water partition coefficient (Wildman–Crippen LogP) is 0.0396. The summed E-state index contributed by atoms with van der Waals surface area (Å²) in [5.41, 5.74) is 8.81. The molecule has 1 aliphatic carbocycles. The number of hydrogen-bond acceptors (Lipinski definition) is 15. The Labute approximate surface area is 309 Å². The number of benzene rings is 1. The van der Waals surface area contributed by atoms with E-state index < -0.39 is 107 Å². The predicted molar refractivity (Wildman–Crippen MR) is 188 cm³/mol. The molecule has 4 rings (SSSR count). The fraction of sp³-hybridized carbons (Fsp3) is 0.706. The number of carbonyl (C=O) groups is 2. The van der Waals surface area contributed by atoms with Crippen LogP contribution in [-0.4, -0.2) is 127 Å². The summed E-state index contributed by atoms with van der Waals surface area (Å²) in [4.78, 5) is 25.6. The molecular formula is C34H55N5O13S. The van der Waals surface area contributed by atoms with Crippen LogP contribution in [0.1, 0.15) is 61.3 Å². The van der Waals surface area contributed by atoms with Gasteiger partial charge in [0.1, 0.15) is 47.0 Å². The summed E-state index contributed by atoms with van der Waals surface area (Å²) in [6.45, 7) is 10.9. The van der Waals surface area contributed by atoms with E-state index in [1.54, 1.807) is 53.7 Å². The number of sulfonamides is 1. The molecule has 10 N–H and O–H groups in total. The lowest BCUT2D eigenvalue weighted by Gasteiger charge is -2.48. The first-order valence-corrected chi connectivity index (χ1v) is 18.9. The highest BCUT2D eigenvalue weighted by molar-refractivity contribution is 7.89. The number of hydrogen-bond donors (Lipinski definition) is 8. The lowest BCUT2D eigenvalue weighted by Crippen LogP contribution is -2.70. The van der Waals surface area contributed by atoms with Gasteiger partial charge >= 0.3 is 12.2 Å². The molecule has 1 saturated carbocycles. The van der Waals surface area contributed by atoms with Gasteiger partial charge in [0.2, 0.25) is 16.3 Å². The average Bonchev–Trinajstić information content (AvgIpc) is 3.03. The molecule has 300 valence electrons. The lowest BCUT2D eigenvalue weighted by molar-refractivity contribution is -0.302. The van der Waals surface area contributed by atoms with Crippen LogP contribution in [0.4, 0.5) is 9.59 Å². The van der Waals surface area contributed by atoms with Gasteiger partial charge in [-0.15, -0.1) is 0 Å². The Morgan fingerprint density at radius 1 is 0.925 bits per heavy atom. The van der Waals surface area contributed by atoms with Crippen molar-refractivity contribution in [3.8, 4) is 0 Å². The van der Waals surface area contributed by atoms with Crippen LogP contribution in [0.25, 0.3) is 0 Å². The summed E-state index contributed by atoms with van der Waals surface area (Å²) < 4.78 is 63.6. The van der Waals surface area contributed by atoms with E-state index in [-0.39, 0.29) is 24.3 Å². The lowest BCUT2D eigenvalue weighted by atomic mass is 9.83. The standard InChI is InChI=1S/C34H55N5O13S/c1-32(2,3)51-30(42)37-21-14-13-18(16-35)48-28(21)50-26-22(38-31(43)52-33(4,5)6)15-20(36)25(23(26)40)49-29-24(41)27(34(7,44)17-47-29)39-53(45,46)19-11-9-8-10-12-19/h8-13,20-29,39-41,44H,14-17,35-36H2,1-7H3,(H,37,42)(H,38,43)/t20-,21-,22+,23-,24-,25+,26-,27-,28-,29-,34+/m1/s1. The van der Waals surface area contributed by atoms with Gasteiger partial charge in [-0.3, -0.25) is 0 Å². The van der Waals surface area contributed by atoms with Gasteiger partial charge in [0.05, 0.1) is 36.2 Å². The third-order valence-corrected chi connectivity index (χ3v) is 10.0. The maximum absolute atomic E-state index is 13.2. The van der Waals surface area contributed by atoms with Crippen LogP contribution in [0.5, 0.6) is 0 Å². The second-order valence-corrected chi connectivity index (χ2v) is 17.3. The van der Waals surface area contributed by atoms with Crippen molar-refractivity contribution < 1.29 is 61.7 Å². The van der Waals surface area contributed by atoms with E-state index in [2.05, 4.69) is 15.4 Å². The Balaban J connectivity index is 1.60. The second kappa shape index (κ2) is 16.7. The number of ether oxygens (including phenoxy) is 6. The van der Waals surface area contributed by atoms with Crippen LogP contribution in [0.2, 0.25) is 0 Å². The van der Waals surface area contributed by atoms with E-state index in [9.17, 15) is 33.3 Å². The van der Waals surface area contributed by atoms with Gasteiger partial charge in [0.25, 0.3) is 0 Å². The maximum Gasteiger partial charge on any atom is 0.408 e. The molecule has 19 heteroatoms. The number of nitrogens with one attached hydrogen (secondary N) is 3. The van der Waals surface area contributed by atoms with Crippen molar-refractivity contribution in [2.24, 2.45) is 11.5 Å².